The molecule has 2 N–H and O–H groups in total. The first-order chi connectivity index (χ1) is 7.85. The van der Waals surface area contributed by atoms with Crippen LogP contribution < -0.4 is 5.73 Å². The third kappa shape index (κ3) is 4.15. The van der Waals surface area contributed by atoms with Crippen molar-refractivity contribution in [1.29, 1.82) is 5.26 Å². The summed E-state index contributed by atoms with van der Waals surface area (Å²) in [6, 6.07) is 3.09. The molecule has 0 spiro atoms. The molecule has 0 aliphatic carbocycles. The molecule has 7 heteroatoms. The van der Waals surface area contributed by atoms with E-state index in [1.807, 2.05) is 6.07 Å². The minimum absolute atomic E-state index is 0.288. The number of halogens is 1. The summed E-state index contributed by atoms with van der Waals surface area (Å²) in [6.07, 6.45) is 0. The van der Waals surface area contributed by atoms with Gasteiger partial charge in [-0.05, 0) is 22.0 Å². The zero-order chi connectivity index (χ0) is 13.1. The third-order valence-corrected chi connectivity index (χ3v) is 4.53. The first-order valence-electron chi connectivity index (χ1n) is 5.35. The van der Waals surface area contributed by atoms with Crippen molar-refractivity contribution in [3.05, 3.63) is 10.2 Å². The fourth-order valence-electron chi connectivity index (χ4n) is 1.18. The second-order valence-corrected chi connectivity index (χ2v) is 11.4. The second-order valence-electron chi connectivity index (χ2n) is 5.01. The predicted molar refractivity (Wildman–Crippen MR) is 73.2 cm³/mol. The number of nitrogens with two attached hydrogens (primary N) is 1. The highest BCUT2D eigenvalue weighted by Gasteiger charge is 2.14. The first-order valence-corrected chi connectivity index (χ1v) is 9.85. The Bertz CT molecular complexity index is 433. The van der Waals surface area contributed by atoms with Crippen molar-refractivity contribution in [1.82, 2.24) is 9.78 Å². The van der Waals surface area contributed by atoms with Crippen LogP contribution in [0, 0.1) is 11.3 Å². The summed E-state index contributed by atoms with van der Waals surface area (Å²) in [5.74, 6) is 0.340. The van der Waals surface area contributed by atoms with E-state index in [1.165, 1.54) is 4.68 Å². The Balaban J connectivity index is 2.51. The molecular formula is C10H17BrN4OSi. The zero-order valence-corrected chi connectivity index (χ0v) is 12.9. The van der Waals surface area contributed by atoms with Crippen molar-refractivity contribution >= 4 is 29.8 Å². The van der Waals surface area contributed by atoms with Gasteiger partial charge in [0.15, 0.2) is 0 Å². The van der Waals surface area contributed by atoms with E-state index >= 15 is 0 Å². The Morgan fingerprint density at radius 1 is 1.53 bits per heavy atom. The molecule has 1 aromatic heterocycles. The lowest BCUT2D eigenvalue weighted by atomic mass is 10.4. The molecule has 94 valence electrons. The summed E-state index contributed by atoms with van der Waals surface area (Å²) in [4.78, 5) is 0. The summed E-state index contributed by atoms with van der Waals surface area (Å²) < 4.78 is 7.47. The van der Waals surface area contributed by atoms with Gasteiger partial charge in [0.2, 0.25) is 0 Å². The van der Waals surface area contributed by atoms with E-state index in [4.69, 9.17) is 15.7 Å². The normalized spacial score (nSPS) is 11.5. The van der Waals surface area contributed by atoms with Gasteiger partial charge in [-0.15, -0.1) is 0 Å². The highest BCUT2D eigenvalue weighted by molar-refractivity contribution is 9.10. The van der Waals surface area contributed by atoms with Crippen molar-refractivity contribution in [3.8, 4) is 6.07 Å². The lowest BCUT2D eigenvalue weighted by molar-refractivity contribution is 0.0799. The Kier molecular flexibility index (Phi) is 4.74. The Labute approximate surface area is 111 Å². The standard InChI is InChI=1S/C10H17BrN4OSi/c1-17(2,3)5-4-16-7-15-10(13)8(6-12)9(11)14-15/h4-5,7,13H2,1-3H3. The zero-order valence-electron chi connectivity index (χ0n) is 10.3. The minimum Gasteiger partial charge on any atom is -0.383 e. The van der Waals surface area contributed by atoms with E-state index in [2.05, 4.69) is 40.7 Å². The van der Waals surface area contributed by atoms with Gasteiger partial charge in [0.05, 0.1) is 0 Å². The number of hydrogen-bond donors (Lipinski definition) is 1. The van der Waals surface area contributed by atoms with Gasteiger partial charge in [-0.1, -0.05) is 19.6 Å². The van der Waals surface area contributed by atoms with Crippen molar-refractivity contribution in [2.75, 3.05) is 12.3 Å². The number of nitrogens with zero attached hydrogens (tertiary/aromatic N) is 3. The van der Waals surface area contributed by atoms with Crippen LogP contribution in [0.25, 0.3) is 0 Å². The second kappa shape index (κ2) is 5.66. The van der Waals surface area contributed by atoms with Crippen LogP contribution in [0.1, 0.15) is 5.56 Å². The fraction of sp³-hybridized carbons (Fsp3) is 0.600. The molecule has 0 aliphatic rings. The number of ether oxygens (including phenoxy) is 1. The molecule has 5 nitrogen and oxygen atoms in total. The van der Waals surface area contributed by atoms with Crippen molar-refractivity contribution < 1.29 is 4.74 Å². The van der Waals surface area contributed by atoms with Crippen LogP contribution in [0.15, 0.2) is 4.60 Å². The van der Waals surface area contributed by atoms with Gasteiger partial charge in [-0.25, -0.2) is 4.68 Å². The summed E-state index contributed by atoms with van der Waals surface area (Å²) in [5.41, 5.74) is 6.12. The molecule has 1 aromatic rings. The van der Waals surface area contributed by atoms with Crippen molar-refractivity contribution in [3.63, 3.8) is 0 Å². The molecule has 0 saturated heterocycles. The lowest BCUT2D eigenvalue weighted by Crippen LogP contribution is -2.22. The largest absolute Gasteiger partial charge is 0.383 e. The SMILES string of the molecule is C[Si](C)(C)CCOCn1nc(Br)c(C#N)c1N. The van der Waals surface area contributed by atoms with Gasteiger partial charge < -0.3 is 10.5 Å². The maximum atomic E-state index is 8.84. The van der Waals surface area contributed by atoms with E-state index in [0.717, 1.165) is 6.04 Å². The smallest absolute Gasteiger partial charge is 0.148 e. The van der Waals surface area contributed by atoms with Crippen molar-refractivity contribution in [2.45, 2.75) is 32.4 Å². The lowest BCUT2D eigenvalue weighted by Gasteiger charge is -2.15. The number of hydrogen-bond acceptors (Lipinski definition) is 4. The summed E-state index contributed by atoms with van der Waals surface area (Å²) >= 11 is 3.19. The number of anilines is 1. The van der Waals surface area contributed by atoms with E-state index < -0.39 is 8.07 Å². The Morgan fingerprint density at radius 3 is 2.65 bits per heavy atom. The summed E-state index contributed by atoms with van der Waals surface area (Å²) in [7, 11) is -1.07. The van der Waals surface area contributed by atoms with Crippen LogP contribution in [-0.2, 0) is 11.5 Å². The molecule has 0 unspecified atom stereocenters. The van der Waals surface area contributed by atoms with Crippen LogP contribution in [0.5, 0.6) is 0 Å². The quantitative estimate of drug-likeness (QED) is 0.668. The van der Waals surface area contributed by atoms with Crippen LogP contribution in [0.2, 0.25) is 25.7 Å². The average molecular weight is 317 g/mol. The first kappa shape index (κ1) is 14.2. The molecule has 0 amide bonds. The Morgan fingerprint density at radius 2 is 2.18 bits per heavy atom. The van der Waals surface area contributed by atoms with Gasteiger partial charge in [0.25, 0.3) is 0 Å². The molecule has 0 aromatic carbocycles. The summed E-state index contributed by atoms with van der Waals surface area (Å²) in [5, 5.41) is 12.9. The minimum atomic E-state index is -1.07. The number of rotatable bonds is 5. The van der Waals surface area contributed by atoms with Crippen LogP contribution in [-0.4, -0.2) is 24.5 Å². The maximum Gasteiger partial charge on any atom is 0.148 e. The van der Waals surface area contributed by atoms with Gasteiger partial charge in [0.1, 0.15) is 28.8 Å². The molecule has 0 bridgehead atoms. The molecule has 1 heterocycles. The van der Waals surface area contributed by atoms with Gasteiger partial charge in [0, 0.05) is 14.7 Å². The van der Waals surface area contributed by atoms with Crippen LogP contribution in [0.3, 0.4) is 0 Å². The van der Waals surface area contributed by atoms with Crippen LogP contribution in [0.4, 0.5) is 5.82 Å². The monoisotopic (exact) mass is 316 g/mol. The van der Waals surface area contributed by atoms with E-state index in [9.17, 15) is 0 Å². The molecule has 1 rings (SSSR count). The fourth-order valence-corrected chi connectivity index (χ4v) is 2.42. The number of nitriles is 1. The molecule has 0 fully saturated rings. The topological polar surface area (TPSA) is 76.9 Å². The summed E-state index contributed by atoms with van der Waals surface area (Å²) in [6.45, 7) is 7.88. The molecule has 0 atom stereocenters. The highest BCUT2D eigenvalue weighted by Crippen LogP contribution is 2.20. The van der Waals surface area contributed by atoms with Gasteiger partial charge in [-0.3, -0.25) is 0 Å². The van der Waals surface area contributed by atoms with E-state index in [1.54, 1.807) is 0 Å². The van der Waals surface area contributed by atoms with E-state index in [0.29, 0.717) is 22.6 Å². The highest BCUT2D eigenvalue weighted by atomic mass is 79.9. The molecule has 17 heavy (non-hydrogen) atoms. The number of aromatic nitrogens is 2. The van der Waals surface area contributed by atoms with E-state index in [-0.39, 0.29) is 6.73 Å². The van der Waals surface area contributed by atoms with Crippen molar-refractivity contribution in [2.24, 2.45) is 0 Å². The molecular weight excluding hydrogens is 300 g/mol. The average Bonchev–Trinajstić information content (AvgIpc) is 2.47. The molecule has 0 saturated carbocycles. The predicted octanol–water partition coefficient (Wildman–Crippen LogP) is 2.41. The molecule has 0 aliphatic heterocycles. The van der Waals surface area contributed by atoms with Crippen LogP contribution >= 0.6 is 15.9 Å². The Hall–Kier alpha value is -0.843. The van der Waals surface area contributed by atoms with Gasteiger partial charge in [-0.2, -0.15) is 10.4 Å². The number of nitrogen functional groups attached to an aromatic ring is 1. The van der Waals surface area contributed by atoms with Gasteiger partial charge >= 0.3 is 0 Å². The molecule has 0 radical (unpaired) electrons. The maximum absolute atomic E-state index is 8.84. The third-order valence-electron chi connectivity index (χ3n) is 2.27.